The average molecular weight is 357 g/mol. The topological polar surface area (TPSA) is 20.5 Å². The molecule has 1 saturated heterocycles. The van der Waals surface area contributed by atoms with Gasteiger partial charge in [-0.25, -0.2) is 8.91 Å². The van der Waals surface area contributed by atoms with Crippen LogP contribution in [0.5, 0.6) is 0 Å². The highest BCUT2D eigenvalue weighted by Crippen LogP contribution is 2.28. The summed E-state index contributed by atoms with van der Waals surface area (Å²) in [5, 5.41) is 4.61. The second-order valence-corrected chi connectivity index (χ2v) is 7.07. The Balaban J connectivity index is 1.51. The van der Waals surface area contributed by atoms with Crippen LogP contribution in [0, 0.1) is 5.82 Å². The minimum Gasteiger partial charge on any atom is -0.372 e. The maximum Gasteiger partial charge on any atom is 0.123 e. The highest BCUT2D eigenvalue weighted by Gasteiger charge is 2.13. The second-order valence-electron chi connectivity index (χ2n) is 7.07. The Labute approximate surface area is 157 Å². The van der Waals surface area contributed by atoms with E-state index in [0.717, 1.165) is 29.9 Å². The SMILES string of the molecule is Fc1ccc(-c2cc3cc(-c4cccc(N5CCCC5)c4)ccn3n2)cc1. The number of hydrogen-bond acceptors (Lipinski definition) is 2. The van der Waals surface area contributed by atoms with Crippen LogP contribution in [0.25, 0.3) is 27.9 Å². The predicted octanol–water partition coefficient (Wildman–Crippen LogP) is 5.41. The summed E-state index contributed by atoms with van der Waals surface area (Å²) in [4.78, 5) is 2.45. The smallest absolute Gasteiger partial charge is 0.123 e. The van der Waals surface area contributed by atoms with Crippen LogP contribution in [0.4, 0.5) is 10.1 Å². The maximum atomic E-state index is 13.2. The Bertz CT molecular complexity index is 1090. The van der Waals surface area contributed by atoms with Crippen LogP contribution < -0.4 is 4.90 Å². The highest BCUT2D eigenvalue weighted by molar-refractivity contribution is 5.74. The van der Waals surface area contributed by atoms with E-state index >= 15 is 0 Å². The molecule has 0 aliphatic carbocycles. The van der Waals surface area contributed by atoms with Crippen molar-refractivity contribution in [2.24, 2.45) is 0 Å². The molecule has 0 unspecified atom stereocenters. The van der Waals surface area contributed by atoms with Crippen molar-refractivity contribution in [3.63, 3.8) is 0 Å². The molecule has 3 heterocycles. The van der Waals surface area contributed by atoms with Gasteiger partial charge in [0.15, 0.2) is 0 Å². The van der Waals surface area contributed by atoms with Crippen molar-refractivity contribution in [2.75, 3.05) is 18.0 Å². The number of nitrogens with zero attached hydrogens (tertiary/aromatic N) is 3. The molecular weight excluding hydrogens is 337 g/mol. The Morgan fingerprint density at radius 3 is 2.37 bits per heavy atom. The highest BCUT2D eigenvalue weighted by atomic mass is 19.1. The molecule has 0 radical (unpaired) electrons. The lowest BCUT2D eigenvalue weighted by Crippen LogP contribution is -2.17. The molecule has 27 heavy (non-hydrogen) atoms. The molecule has 0 spiro atoms. The van der Waals surface area contributed by atoms with Gasteiger partial charge in [0.2, 0.25) is 0 Å². The van der Waals surface area contributed by atoms with Crippen LogP contribution in [-0.4, -0.2) is 22.7 Å². The van der Waals surface area contributed by atoms with Gasteiger partial charge in [-0.3, -0.25) is 0 Å². The standard InChI is InChI=1S/C23H20FN3/c24-20-8-6-17(7-9-20)23-16-22-15-19(10-13-27(22)25-23)18-4-3-5-21(14-18)26-11-1-2-12-26/h3-10,13-16H,1-2,11-12H2. The third-order valence-electron chi connectivity index (χ3n) is 5.25. The van der Waals surface area contributed by atoms with Crippen molar-refractivity contribution in [3.05, 3.63) is 78.7 Å². The second kappa shape index (κ2) is 6.54. The van der Waals surface area contributed by atoms with Gasteiger partial charge in [0.1, 0.15) is 5.82 Å². The van der Waals surface area contributed by atoms with Gasteiger partial charge in [-0.1, -0.05) is 12.1 Å². The lowest BCUT2D eigenvalue weighted by atomic mass is 10.1. The number of fused-ring (bicyclic) bond motifs is 1. The molecular formula is C23H20FN3. The van der Waals surface area contributed by atoms with E-state index in [4.69, 9.17) is 0 Å². The van der Waals surface area contributed by atoms with E-state index in [1.165, 1.54) is 41.8 Å². The van der Waals surface area contributed by atoms with Crippen LogP contribution in [0.1, 0.15) is 12.8 Å². The zero-order chi connectivity index (χ0) is 18.2. The normalized spacial score (nSPS) is 14.2. The summed E-state index contributed by atoms with van der Waals surface area (Å²) in [7, 11) is 0. The molecule has 2 aromatic heterocycles. The fourth-order valence-electron chi connectivity index (χ4n) is 3.79. The monoisotopic (exact) mass is 357 g/mol. The number of hydrogen-bond donors (Lipinski definition) is 0. The fourth-order valence-corrected chi connectivity index (χ4v) is 3.79. The molecule has 4 heteroatoms. The molecule has 0 bridgehead atoms. The Hall–Kier alpha value is -3.14. The predicted molar refractivity (Wildman–Crippen MR) is 107 cm³/mol. The van der Waals surface area contributed by atoms with E-state index in [2.05, 4.69) is 46.4 Å². The maximum absolute atomic E-state index is 13.2. The average Bonchev–Trinajstić information content (AvgIpc) is 3.38. The van der Waals surface area contributed by atoms with Crippen LogP contribution in [0.2, 0.25) is 0 Å². The lowest BCUT2D eigenvalue weighted by Gasteiger charge is -2.18. The van der Waals surface area contributed by atoms with E-state index in [0.29, 0.717) is 0 Å². The molecule has 0 atom stereocenters. The summed E-state index contributed by atoms with van der Waals surface area (Å²) in [5.74, 6) is -0.234. The van der Waals surface area contributed by atoms with E-state index in [1.54, 1.807) is 12.1 Å². The summed E-state index contributed by atoms with van der Waals surface area (Å²) < 4.78 is 15.0. The number of benzene rings is 2. The van der Waals surface area contributed by atoms with E-state index in [1.807, 2.05) is 16.8 Å². The Morgan fingerprint density at radius 1 is 0.778 bits per heavy atom. The van der Waals surface area contributed by atoms with Gasteiger partial charge in [0.25, 0.3) is 0 Å². The quantitative estimate of drug-likeness (QED) is 0.489. The van der Waals surface area contributed by atoms with Gasteiger partial charge >= 0.3 is 0 Å². The first-order valence-electron chi connectivity index (χ1n) is 9.37. The molecule has 2 aromatic carbocycles. The molecule has 3 nitrogen and oxygen atoms in total. The van der Waals surface area contributed by atoms with Gasteiger partial charge in [0.05, 0.1) is 11.2 Å². The van der Waals surface area contributed by atoms with Crippen LogP contribution in [0.15, 0.2) is 72.9 Å². The molecule has 5 rings (SSSR count). The first kappa shape index (κ1) is 16.1. The van der Waals surface area contributed by atoms with E-state index in [9.17, 15) is 4.39 Å². The molecule has 0 amide bonds. The summed E-state index contributed by atoms with van der Waals surface area (Å²) in [6.45, 7) is 2.29. The molecule has 4 aromatic rings. The number of halogens is 1. The first-order valence-corrected chi connectivity index (χ1v) is 9.37. The first-order chi connectivity index (χ1) is 13.3. The molecule has 1 aliphatic rings. The minimum atomic E-state index is -0.234. The van der Waals surface area contributed by atoms with Gasteiger partial charge in [0, 0.05) is 30.5 Å². The van der Waals surface area contributed by atoms with Crippen molar-refractivity contribution < 1.29 is 4.39 Å². The number of anilines is 1. The van der Waals surface area contributed by atoms with E-state index in [-0.39, 0.29) is 5.82 Å². The fraction of sp³-hybridized carbons (Fsp3) is 0.174. The summed E-state index contributed by atoms with van der Waals surface area (Å²) in [6.07, 6.45) is 4.54. The Morgan fingerprint density at radius 2 is 1.56 bits per heavy atom. The molecule has 1 fully saturated rings. The molecule has 0 N–H and O–H groups in total. The van der Waals surface area contributed by atoms with Crippen molar-refractivity contribution in [1.82, 2.24) is 9.61 Å². The molecule has 1 aliphatic heterocycles. The van der Waals surface area contributed by atoms with Gasteiger partial charge in [-0.05, 0) is 78.6 Å². The van der Waals surface area contributed by atoms with Gasteiger partial charge in [-0.2, -0.15) is 5.10 Å². The molecule has 134 valence electrons. The van der Waals surface area contributed by atoms with E-state index < -0.39 is 0 Å². The van der Waals surface area contributed by atoms with Gasteiger partial charge in [-0.15, -0.1) is 0 Å². The third kappa shape index (κ3) is 3.08. The van der Waals surface area contributed by atoms with Crippen LogP contribution in [0.3, 0.4) is 0 Å². The minimum absolute atomic E-state index is 0.234. The van der Waals surface area contributed by atoms with Gasteiger partial charge < -0.3 is 4.90 Å². The number of pyridine rings is 1. The van der Waals surface area contributed by atoms with Crippen molar-refractivity contribution in [1.29, 1.82) is 0 Å². The third-order valence-corrected chi connectivity index (χ3v) is 5.25. The van der Waals surface area contributed by atoms with Crippen molar-refractivity contribution in [3.8, 4) is 22.4 Å². The number of aromatic nitrogens is 2. The van der Waals surface area contributed by atoms with Crippen molar-refractivity contribution in [2.45, 2.75) is 12.8 Å². The lowest BCUT2D eigenvalue weighted by molar-refractivity contribution is 0.628. The van der Waals surface area contributed by atoms with Crippen LogP contribution in [-0.2, 0) is 0 Å². The largest absolute Gasteiger partial charge is 0.372 e. The zero-order valence-electron chi connectivity index (χ0n) is 15.0. The van der Waals surface area contributed by atoms with Crippen LogP contribution >= 0.6 is 0 Å². The Kier molecular flexibility index (Phi) is 3.89. The summed E-state index contributed by atoms with van der Waals surface area (Å²) in [6, 6.07) is 21.5. The molecule has 0 saturated carbocycles. The summed E-state index contributed by atoms with van der Waals surface area (Å²) >= 11 is 0. The zero-order valence-corrected chi connectivity index (χ0v) is 15.0. The number of rotatable bonds is 3. The van der Waals surface area contributed by atoms with Crippen molar-refractivity contribution >= 4 is 11.2 Å². The summed E-state index contributed by atoms with van der Waals surface area (Å²) in [5.41, 5.74) is 6.47.